The zero-order valence-corrected chi connectivity index (χ0v) is 17.8. The number of hydrogen-bond donors (Lipinski definition) is 3. The van der Waals surface area contributed by atoms with E-state index in [0.29, 0.717) is 22.6 Å². The molecule has 1 aliphatic rings. The van der Waals surface area contributed by atoms with E-state index in [0.717, 1.165) is 11.1 Å². The first-order chi connectivity index (χ1) is 15.3. The Morgan fingerprint density at radius 3 is 2.34 bits per heavy atom. The van der Waals surface area contributed by atoms with Crippen LogP contribution in [-0.2, 0) is 16.0 Å². The predicted molar refractivity (Wildman–Crippen MR) is 123 cm³/mol. The van der Waals surface area contributed by atoms with E-state index >= 15 is 0 Å². The normalized spacial score (nSPS) is 17.0. The smallest absolute Gasteiger partial charge is 0.339 e. The van der Waals surface area contributed by atoms with Gasteiger partial charge in [0.15, 0.2) is 5.60 Å². The van der Waals surface area contributed by atoms with Gasteiger partial charge >= 0.3 is 12.0 Å². The van der Waals surface area contributed by atoms with Crippen LogP contribution in [0.1, 0.15) is 28.4 Å². The molecule has 1 unspecified atom stereocenters. The average molecular weight is 429 g/mol. The van der Waals surface area contributed by atoms with Crippen LogP contribution in [0.5, 0.6) is 0 Å². The number of esters is 1. The summed E-state index contributed by atoms with van der Waals surface area (Å²) in [6.45, 7) is 3.44. The molecule has 3 aromatic rings. The van der Waals surface area contributed by atoms with Gasteiger partial charge in [0.25, 0.3) is 5.91 Å². The Hall–Kier alpha value is -4.13. The Balaban J connectivity index is 1.48. The molecule has 4 rings (SSSR count). The van der Waals surface area contributed by atoms with Crippen LogP contribution in [0.3, 0.4) is 0 Å². The Morgan fingerprint density at radius 1 is 0.875 bits per heavy atom. The first-order valence-electron chi connectivity index (χ1n) is 10.2. The van der Waals surface area contributed by atoms with Crippen LogP contribution < -0.4 is 16.0 Å². The monoisotopic (exact) mass is 429 g/mol. The number of carbonyl (C=O) groups is 3. The highest BCUT2D eigenvalue weighted by Gasteiger charge is 2.42. The van der Waals surface area contributed by atoms with Crippen LogP contribution in [0.15, 0.2) is 72.8 Å². The van der Waals surface area contributed by atoms with Gasteiger partial charge in [-0.05, 0) is 55.3 Å². The van der Waals surface area contributed by atoms with E-state index in [1.807, 2.05) is 37.3 Å². The van der Waals surface area contributed by atoms with E-state index in [2.05, 4.69) is 16.0 Å². The number of cyclic esters (lactones) is 1. The van der Waals surface area contributed by atoms with Crippen molar-refractivity contribution in [3.63, 3.8) is 0 Å². The molecule has 7 heteroatoms. The Labute approximate surface area is 185 Å². The fraction of sp³-hybridized carbons (Fsp3) is 0.160. The van der Waals surface area contributed by atoms with Gasteiger partial charge < -0.3 is 20.7 Å². The quantitative estimate of drug-likeness (QED) is 0.522. The number of rotatable bonds is 4. The van der Waals surface area contributed by atoms with Gasteiger partial charge in [0.05, 0.1) is 5.56 Å². The summed E-state index contributed by atoms with van der Waals surface area (Å²) in [5.41, 5.74) is 2.40. The number of aryl methyl sites for hydroxylation is 1. The van der Waals surface area contributed by atoms with Gasteiger partial charge in [-0.25, -0.2) is 9.59 Å². The highest BCUT2D eigenvalue weighted by atomic mass is 16.6. The molecule has 162 valence electrons. The summed E-state index contributed by atoms with van der Waals surface area (Å²) in [5, 5.41) is 8.34. The fourth-order valence-corrected chi connectivity index (χ4v) is 3.56. The minimum absolute atomic E-state index is 0.275. The molecular formula is C25H23N3O4. The molecule has 3 aromatic carbocycles. The van der Waals surface area contributed by atoms with Crippen molar-refractivity contribution in [3.8, 4) is 0 Å². The lowest BCUT2D eigenvalue weighted by atomic mass is 9.89. The summed E-state index contributed by atoms with van der Waals surface area (Å²) in [4.78, 5) is 37.8. The van der Waals surface area contributed by atoms with Crippen molar-refractivity contribution in [1.29, 1.82) is 0 Å². The molecule has 3 N–H and O–H groups in total. The number of hydrogen-bond acceptors (Lipinski definition) is 4. The maximum atomic E-state index is 13.1. The van der Waals surface area contributed by atoms with Gasteiger partial charge in [-0.2, -0.15) is 0 Å². The van der Waals surface area contributed by atoms with Crippen molar-refractivity contribution in [1.82, 2.24) is 0 Å². The molecule has 0 saturated carbocycles. The molecule has 0 aromatic heterocycles. The number of fused-ring (bicyclic) bond motifs is 1. The number of anilines is 3. The maximum Gasteiger partial charge on any atom is 0.339 e. The molecule has 0 spiro atoms. The lowest BCUT2D eigenvalue weighted by molar-refractivity contribution is -0.134. The van der Waals surface area contributed by atoms with Gasteiger partial charge in [0, 0.05) is 23.5 Å². The number of carbonyl (C=O) groups excluding carboxylic acids is 3. The predicted octanol–water partition coefficient (Wildman–Crippen LogP) is 4.75. The molecule has 32 heavy (non-hydrogen) atoms. The van der Waals surface area contributed by atoms with Gasteiger partial charge in [0.1, 0.15) is 0 Å². The van der Waals surface area contributed by atoms with E-state index in [-0.39, 0.29) is 6.42 Å². The second-order valence-corrected chi connectivity index (χ2v) is 7.88. The lowest BCUT2D eigenvalue weighted by Gasteiger charge is -2.33. The molecule has 0 aliphatic carbocycles. The Morgan fingerprint density at radius 2 is 1.56 bits per heavy atom. The summed E-state index contributed by atoms with van der Waals surface area (Å²) < 4.78 is 5.50. The van der Waals surface area contributed by atoms with Gasteiger partial charge in [-0.1, -0.05) is 42.5 Å². The average Bonchev–Trinajstić information content (AvgIpc) is 2.76. The van der Waals surface area contributed by atoms with E-state index in [1.165, 1.54) is 0 Å². The second-order valence-electron chi connectivity index (χ2n) is 7.88. The maximum absolute atomic E-state index is 13.1. The summed E-state index contributed by atoms with van der Waals surface area (Å²) >= 11 is 0. The topological polar surface area (TPSA) is 96.5 Å². The van der Waals surface area contributed by atoms with Crippen molar-refractivity contribution in [2.24, 2.45) is 0 Å². The second kappa shape index (κ2) is 8.55. The first-order valence-corrected chi connectivity index (χ1v) is 10.2. The van der Waals surface area contributed by atoms with Crippen LogP contribution in [0.25, 0.3) is 0 Å². The lowest BCUT2D eigenvalue weighted by Crippen LogP contribution is -2.49. The number of ether oxygens (including phenoxy) is 1. The molecule has 7 nitrogen and oxygen atoms in total. The van der Waals surface area contributed by atoms with Crippen LogP contribution in [-0.4, -0.2) is 23.5 Å². The first kappa shape index (κ1) is 21.1. The van der Waals surface area contributed by atoms with Crippen molar-refractivity contribution in [3.05, 3.63) is 89.5 Å². The summed E-state index contributed by atoms with van der Waals surface area (Å²) in [7, 11) is 0. The number of benzene rings is 3. The number of amides is 3. The molecule has 0 fully saturated rings. The Kier molecular flexibility index (Phi) is 5.64. The molecule has 0 bridgehead atoms. The third-order valence-electron chi connectivity index (χ3n) is 5.34. The SMILES string of the molecule is Cc1ccc(NC(=O)Nc2ccccc2)cc1NC(=O)C1(C)Cc2ccccc2C(=O)O1. The van der Waals surface area contributed by atoms with E-state index in [4.69, 9.17) is 4.74 Å². The highest BCUT2D eigenvalue weighted by molar-refractivity contribution is 6.04. The third kappa shape index (κ3) is 4.46. The van der Waals surface area contributed by atoms with Crippen molar-refractivity contribution < 1.29 is 19.1 Å². The number of nitrogens with one attached hydrogen (secondary N) is 3. The van der Waals surface area contributed by atoms with Crippen molar-refractivity contribution in [2.75, 3.05) is 16.0 Å². The van der Waals surface area contributed by atoms with Gasteiger partial charge in [-0.15, -0.1) is 0 Å². The minimum atomic E-state index is -1.34. The van der Waals surface area contributed by atoms with Crippen LogP contribution in [0.4, 0.5) is 21.9 Å². The molecule has 0 radical (unpaired) electrons. The number of urea groups is 1. The third-order valence-corrected chi connectivity index (χ3v) is 5.34. The van der Waals surface area contributed by atoms with Crippen LogP contribution in [0.2, 0.25) is 0 Å². The van der Waals surface area contributed by atoms with Crippen molar-refractivity contribution in [2.45, 2.75) is 25.9 Å². The van der Waals surface area contributed by atoms with Crippen LogP contribution >= 0.6 is 0 Å². The molecule has 1 atom stereocenters. The van der Waals surface area contributed by atoms with Gasteiger partial charge in [-0.3, -0.25) is 4.79 Å². The van der Waals surface area contributed by atoms with Crippen molar-refractivity contribution >= 4 is 35.0 Å². The highest BCUT2D eigenvalue weighted by Crippen LogP contribution is 2.30. The minimum Gasteiger partial charge on any atom is -0.445 e. The standard InChI is InChI=1S/C25H23N3O4/c1-16-12-13-19(27-24(31)26-18-9-4-3-5-10-18)14-21(16)28-23(30)25(2)15-17-8-6-7-11-20(17)22(29)32-25/h3-14H,15H2,1-2H3,(H,28,30)(H2,26,27,31). The number of para-hydroxylation sites is 1. The molecular weight excluding hydrogens is 406 g/mol. The summed E-state index contributed by atoms with van der Waals surface area (Å²) in [6, 6.07) is 21.0. The van der Waals surface area contributed by atoms with Gasteiger partial charge in [0.2, 0.25) is 0 Å². The summed E-state index contributed by atoms with van der Waals surface area (Å²) in [5.74, 6) is -0.955. The van der Waals surface area contributed by atoms with E-state index < -0.39 is 23.5 Å². The van der Waals surface area contributed by atoms with Crippen LogP contribution in [0, 0.1) is 6.92 Å². The zero-order chi connectivity index (χ0) is 22.7. The molecule has 0 saturated heterocycles. The van der Waals surface area contributed by atoms with E-state index in [1.54, 1.807) is 49.4 Å². The zero-order valence-electron chi connectivity index (χ0n) is 17.8. The fourth-order valence-electron chi connectivity index (χ4n) is 3.56. The Bertz CT molecular complexity index is 1190. The molecule has 3 amide bonds. The molecule has 1 aliphatic heterocycles. The van der Waals surface area contributed by atoms with E-state index in [9.17, 15) is 14.4 Å². The largest absolute Gasteiger partial charge is 0.445 e. The summed E-state index contributed by atoms with van der Waals surface area (Å²) in [6.07, 6.45) is 0.275. The molecule has 1 heterocycles.